The first-order chi connectivity index (χ1) is 22.1. The minimum Gasteiger partial charge on any atom is -0.434 e. The van der Waals surface area contributed by atoms with Crippen molar-refractivity contribution in [1.29, 1.82) is 0 Å². The van der Waals surface area contributed by atoms with Crippen molar-refractivity contribution >= 4 is 17.7 Å². The fourth-order valence-electron chi connectivity index (χ4n) is 10.0. The maximum absolute atomic E-state index is 14.2. The lowest BCUT2D eigenvalue weighted by Crippen LogP contribution is -2.63. The summed E-state index contributed by atoms with van der Waals surface area (Å²) in [6, 6.07) is 0. The molecule has 1 N–H and O–H groups in total. The van der Waals surface area contributed by atoms with Crippen LogP contribution in [0.3, 0.4) is 0 Å². The number of ether oxygens (including phenoxy) is 4. The zero-order valence-electron chi connectivity index (χ0n) is 28.7. The zero-order chi connectivity index (χ0) is 33.0. The molecule has 0 amide bonds. The second-order valence-electron chi connectivity index (χ2n) is 15.1. The van der Waals surface area contributed by atoms with Crippen LogP contribution in [0, 0.1) is 28.6 Å². The number of aliphatic hydroxyl groups is 1. The van der Waals surface area contributed by atoms with Crippen molar-refractivity contribution in [3.63, 3.8) is 0 Å². The average molecular weight is 643 g/mol. The highest BCUT2D eigenvalue weighted by Crippen LogP contribution is 2.69. The van der Waals surface area contributed by atoms with Crippen LogP contribution < -0.4 is 0 Å². The first-order valence-electron chi connectivity index (χ1n) is 18.4. The van der Waals surface area contributed by atoms with E-state index in [0.29, 0.717) is 19.3 Å². The maximum Gasteiger partial charge on any atom is 0.508 e. The molecule has 5 aliphatic rings. The van der Waals surface area contributed by atoms with Crippen LogP contribution in [0.25, 0.3) is 0 Å². The quantitative estimate of drug-likeness (QED) is 0.134. The van der Waals surface area contributed by atoms with Gasteiger partial charge in [0.15, 0.2) is 24.3 Å². The molecular formula is C38H58O8. The summed E-state index contributed by atoms with van der Waals surface area (Å²) in [5.74, 6) is -0.164. The topological polar surface area (TPSA) is 108 Å². The summed E-state index contributed by atoms with van der Waals surface area (Å²) >= 11 is 0. The van der Waals surface area contributed by atoms with Gasteiger partial charge in [0.05, 0.1) is 18.8 Å². The SMILES string of the molecule is CCCCCCCCCCCCOC(=O)OCC(=O)[C@@]12OC(CCC)O[C@@H]1C[C@H]1[C@@H]3CCC4=CC(=O)C=C[C@]4(C)[C@H]3[C@@H](O)C[C@@]12C. The molecule has 9 atom stereocenters. The lowest BCUT2D eigenvalue weighted by atomic mass is 9.46. The molecule has 0 aromatic heterocycles. The molecule has 4 aliphatic carbocycles. The van der Waals surface area contributed by atoms with Gasteiger partial charge in [0.1, 0.15) is 0 Å². The molecule has 258 valence electrons. The number of hydrogen-bond donors (Lipinski definition) is 1. The molecule has 5 rings (SSSR count). The highest BCUT2D eigenvalue weighted by molar-refractivity contribution is 6.01. The summed E-state index contributed by atoms with van der Waals surface area (Å²) in [6.45, 7) is 8.33. The Morgan fingerprint density at radius 2 is 1.67 bits per heavy atom. The van der Waals surface area contributed by atoms with Gasteiger partial charge < -0.3 is 24.1 Å². The summed E-state index contributed by atoms with van der Waals surface area (Å²) in [6.07, 6.45) is 18.9. The van der Waals surface area contributed by atoms with Crippen LogP contribution in [0.15, 0.2) is 23.8 Å². The molecule has 4 fully saturated rings. The molecule has 0 aromatic carbocycles. The number of carbonyl (C=O) groups is 3. The van der Waals surface area contributed by atoms with Gasteiger partial charge in [-0.15, -0.1) is 0 Å². The Morgan fingerprint density at radius 3 is 2.37 bits per heavy atom. The smallest absolute Gasteiger partial charge is 0.434 e. The van der Waals surface area contributed by atoms with Crippen LogP contribution in [0.5, 0.6) is 0 Å². The van der Waals surface area contributed by atoms with E-state index in [4.69, 9.17) is 18.9 Å². The molecule has 1 unspecified atom stereocenters. The molecule has 1 aliphatic heterocycles. The Labute approximate surface area is 276 Å². The molecule has 8 nitrogen and oxygen atoms in total. The van der Waals surface area contributed by atoms with Crippen molar-refractivity contribution < 1.29 is 38.4 Å². The Hall–Kier alpha value is -2.03. The van der Waals surface area contributed by atoms with Gasteiger partial charge in [-0.3, -0.25) is 9.59 Å². The third kappa shape index (κ3) is 6.64. The third-order valence-electron chi connectivity index (χ3n) is 12.3. The van der Waals surface area contributed by atoms with Crippen LogP contribution in [-0.2, 0) is 28.5 Å². The van der Waals surface area contributed by atoms with Gasteiger partial charge >= 0.3 is 6.16 Å². The normalized spacial score (nSPS) is 37.6. The number of allylic oxidation sites excluding steroid dienone is 4. The van der Waals surface area contributed by atoms with E-state index in [2.05, 4.69) is 27.7 Å². The molecule has 3 saturated carbocycles. The molecule has 0 spiro atoms. The zero-order valence-corrected chi connectivity index (χ0v) is 28.7. The van der Waals surface area contributed by atoms with Gasteiger partial charge in [-0.1, -0.05) is 104 Å². The Kier molecular flexibility index (Phi) is 11.5. The van der Waals surface area contributed by atoms with Crippen LogP contribution in [-0.4, -0.2) is 60.1 Å². The molecular weight excluding hydrogens is 584 g/mol. The molecule has 0 bridgehead atoms. The van der Waals surface area contributed by atoms with E-state index in [1.54, 1.807) is 12.2 Å². The third-order valence-corrected chi connectivity index (χ3v) is 12.3. The van der Waals surface area contributed by atoms with Gasteiger partial charge in [-0.2, -0.15) is 0 Å². The van der Waals surface area contributed by atoms with Crippen LogP contribution in [0.2, 0.25) is 0 Å². The van der Waals surface area contributed by atoms with Gasteiger partial charge in [0, 0.05) is 16.7 Å². The number of aliphatic hydroxyl groups excluding tert-OH is 1. The fourth-order valence-corrected chi connectivity index (χ4v) is 10.0. The van der Waals surface area contributed by atoms with E-state index >= 15 is 0 Å². The molecule has 1 saturated heterocycles. The Bertz CT molecular complexity index is 1160. The van der Waals surface area contributed by atoms with E-state index < -0.39 is 47.7 Å². The minimum absolute atomic E-state index is 0.00630. The fraction of sp³-hybridized carbons (Fsp3) is 0.816. The molecule has 1 heterocycles. The van der Waals surface area contributed by atoms with Crippen molar-refractivity contribution in [3.8, 4) is 0 Å². The van der Waals surface area contributed by atoms with Crippen molar-refractivity contribution in [2.75, 3.05) is 13.2 Å². The van der Waals surface area contributed by atoms with Crippen LogP contribution in [0.1, 0.15) is 130 Å². The summed E-state index contributed by atoms with van der Waals surface area (Å²) < 4.78 is 23.8. The van der Waals surface area contributed by atoms with Gasteiger partial charge in [-0.25, -0.2) is 4.79 Å². The Morgan fingerprint density at radius 1 is 0.978 bits per heavy atom. The number of unbranched alkanes of at least 4 members (excludes halogenated alkanes) is 9. The molecule has 8 heteroatoms. The largest absolute Gasteiger partial charge is 0.508 e. The highest BCUT2D eigenvalue weighted by atomic mass is 16.7. The number of carbonyl (C=O) groups excluding carboxylic acids is 3. The molecule has 0 radical (unpaired) electrons. The number of hydrogen-bond acceptors (Lipinski definition) is 8. The lowest BCUT2D eigenvalue weighted by Gasteiger charge is -2.59. The van der Waals surface area contributed by atoms with Crippen molar-refractivity contribution in [2.45, 2.75) is 155 Å². The van der Waals surface area contributed by atoms with Gasteiger partial charge in [-0.05, 0) is 62.5 Å². The molecule has 0 aromatic rings. The van der Waals surface area contributed by atoms with Gasteiger partial charge in [0.2, 0.25) is 5.78 Å². The monoisotopic (exact) mass is 642 g/mol. The van der Waals surface area contributed by atoms with E-state index in [1.807, 2.05) is 6.08 Å². The summed E-state index contributed by atoms with van der Waals surface area (Å²) in [4.78, 5) is 39.0. The predicted molar refractivity (Wildman–Crippen MR) is 175 cm³/mol. The number of ketones is 2. The number of Topliss-reactive ketones (excluding diaryl/α,β-unsaturated/α-hetero) is 1. The summed E-state index contributed by atoms with van der Waals surface area (Å²) in [5.41, 5.74) is -1.32. The molecule has 46 heavy (non-hydrogen) atoms. The van der Waals surface area contributed by atoms with E-state index in [1.165, 1.54) is 44.9 Å². The van der Waals surface area contributed by atoms with Crippen molar-refractivity contribution in [3.05, 3.63) is 23.8 Å². The second kappa shape index (κ2) is 15.0. The maximum atomic E-state index is 14.2. The van der Waals surface area contributed by atoms with Crippen LogP contribution in [0.4, 0.5) is 4.79 Å². The lowest BCUT2D eigenvalue weighted by molar-refractivity contribution is -0.200. The van der Waals surface area contributed by atoms with Crippen molar-refractivity contribution in [2.24, 2.45) is 28.6 Å². The second-order valence-corrected chi connectivity index (χ2v) is 15.1. The standard InChI is InChI=1S/C38H58O8/c1-5-7-8-9-10-11-12-13-14-15-21-43-35(42)44-25-31(41)38-32(45-33(46-38)16-6-2)23-29-28-18-17-26-22-27(39)19-20-36(26,3)34(28)30(40)24-37(29,38)4/h19-20,22,28-30,32-34,40H,5-18,21,23-25H2,1-4H3/t28-,29-,30-,32+,33?,34+,36-,37-,38+/m0/s1. The van der Waals surface area contributed by atoms with Crippen LogP contribution >= 0.6 is 0 Å². The average Bonchev–Trinajstić information content (AvgIpc) is 3.50. The van der Waals surface area contributed by atoms with Gasteiger partial charge in [0.25, 0.3) is 0 Å². The summed E-state index contributed by atoms with van der Waals surface area (Å²) in [5, 5.41) is 11.9. The highest BCUT2D eigenvalue weighted by Gasteiger charge is 2.75. The first kappa shape index (κ1) is 35.3. The Balaban J connectivity index is 1.19. The summed E-state index contributed by atoms with van der Waals surface area (Å²) in [7, 11) is 0. The van der Waals surface area contributed by atoms with E-state index in [0.717, 1.165) is 44.1 Å². The predicted octanol–water partition coefficient (Wildman–Crippen LogP) is 7.80. The van der Waals surface area contributed by atoms with Crippen molar-refractivity contribution in [1.82, 2.24) is 0 Å². The number of fused-ring (bicyclic) bond motifs is 7. The van der Waals surface area contributed by atoms with E-state index in [9.17, 15) is 19.5 Å². The first-order valence-corrected chi connectivity index (χ1v) is 18.4. The minimum atomic E-state index is -1.31. The van der Waals surface area contributed by atoms with E-state index in [-0.39, 0.29) is 35.9 Å². The number of rotatable bonds is 16.